The molecule has 0 spiro atoms. The summed E-state index contributed by atoms with van der Waals surface area (Å²) in [5.41, 5.74) is 1.99. The Hall–Kier alpha value is -2.40. The minimum Gasteiger partial charge on any atom is -0.495 e. The van der Waals surface area contributed by atoms with Gasteiger partial charge in [0.15, 0.2) is 0 Å². The highest BCUT2D eigenvalue weighted by Gasteiger charge is 2.22. The molecule has 5 nitrogen and oxygen atoms in total. The minimum atomic E-state index is -0.0559. The van der Waals surface area contributed by atoms with E-state index in [1.807, 2.05) is 53.4 Å². The zero-order valence-electron chi connectivity index (χ0n) is 14.2. The van der Waals surface area contributed by atoms with Crippen LogP contribution in [0.2, 0.25) is 5.02 Å². The van der Waals surface area contributed by atoms with Gasteiger partial charge in [0.05, 0.1) is 12.8 Å². The molecule has 0 unspecified atom stereocenters. The Balaban J connectivity index is 1.53. The first-order valence-electron chi connectivity index (χ1n) is 8.33. The van der Waals surface area contributed by atoms with Crippen LogP contribution in [0.3, 0.4) is 0 Å². The SMILES string of the molecule is COc1ccccc1N1CCN(C(=O)NCc2ccccc2Cl)CC1. The molecule has 2 aromatic carbocycles. The van der Waals surface area contributed by atoms with Gasteiger partial charge in [-0.1, -0.05) is 41.9 Å². The van der Waals surface area contributed by atoms with Crippen molar-refractivity contribution in [2.75, 3.05) is 38.2 Å². The Labute approximate surface area is 153 Å². The summed E-state index contributed by atoms with van der Waals surface area (Å²) >= 11 is 6.13. The highest BCUT2D eigenvalue weighted by molar-refractivity contribution is 6.31. The molecule has 0 bridgehead atoms. The molecule has 0 aliphatic carbocycles. The Morgan fingerprint density at radius 2 is 1.76 bits per heavy atom. The fraction of sp³-hybridized carbons (Fsp3) is 0.316. The summed E-state index contributed by atoms with van der Waals surface area (Å²) in [4.78, 5) is 16.5. The lowest BCUT2D eigenvalue weighted by molar-refractivity contribution is 0.194. The van der Waals surface area contributed by atoms with Crippen LogP contribution < -0.4 is 15.0 Å². The number of rotatable bonds is 4. The summed E-state index contributed by atoms with van der Waals surface area (Å²) in [6.07, 6.45) is 0. The maximum atomic E-state index is 12.4. The van der Waals surface area contributed by atoms with Crippen molar-refractivity contribution in [2.45, 2.75) is 6.54 Å². The molecule has 1 fully saturated rings. The van der Waals surface area contributed by atoms with Crippen LogP contribution in [0, 0.1) is 0 Å². The van der Waals surface area contributed by atoms with Crippen molar-refractivity contribution >= 4 is 23.3 Å². The van der Waals surface area contributed by atoms with Crippen molar-refractivity contribution in [3.8, 4) is 5.75 Å². The van der Waals surface area contributed by atoms with Crippen molar-refractivity contribution in [3.05, 3.63) is 59.1 Å². The molecular weight excluding hydrogens is 338 g/mol. The number of carbonyl (C=O) groups excluding carboxylic acids is 1. The second-order valence-electron chi connectivity index (χ2n) is 5.90. The molecule has 6 heteroatoms. The van der Waals surface area contributed by atoms with Gasteiger partial charge in [0.25, 0.3) is 0 Å². The molecule has 1 heterocycles. The van der Waals surface area contributed by atoms with E-state index >= 15 is 0 Å². The van der Waals surface area contributed by atoms with Crippen LogP contribution in [0.5, 0.6) is 5.75 Å². The molecule has 2 amide bonds. The van der Waals surface area contributed by atoms with Crippen LogP contribution in [0.4, 0.5) is 10.5 Å². The number of halogens is 1. The average Bonchev–Trinajstić information content (AvgIpc) is 2.67. The lowest BCUT2D eigenvalue weighted by atomic mass is 10.2. The van der Waals surface area contributed by atoms with Crippen molar-refractivity contribution in [1.82, 2.24) is 10.2 Å². The monoisotopic (exact) mass is 359 g/mol. The molecule has 0 saturated carbocycles. The van der Waals surface area contributed by atoms with Crippen molar-refractivity contribution in [2.24, 2.45) is 0 Å². The summed E-state index contributed by atoms with van der Waals surface area (Å²) in [7, 11) is 1.68. The van der Waals surface area contributed by atoms with Crippen LogP contribution >= 0.6 is 11.6 Å². The van der Waals surface area contributed by atoms with Crippen LogP contribution in [-0.2, 0) is 6.54 Å². The minimum absolute atomic E-state index is 0.0559. The van der Waals surface area contributed by atoms with E-state index in [0.29, 0.717) is 24.7 Å². The predicted molar refractivity (Wildman–Crippen MR) is 100 cm³/mol. The number of hydrogen-bond acceptors (Lipinski definition) is 3. The Bertz CT molecular complexity index is 730. The fourth-order valence-corrected chi connectivity index (χ4v) is 3.17. The van der Waals surface area contributed by atoms with Crippen LogP contribution in [0.25, 0.3) is 0 Å². The van der Waals surface area contributed by atoms with Crippen molar-refractivity contribution < 1.29 is 9.53 Å². The lowest BCUT2D eigenvalue weighted by Crippen LogP contribution is -2.51. The lowest BCUT2D eigenvalue weighted by Gasteiger charge is -2.36. The number of carbonyl (C=O) groups is 1. The molecule has 1 aliphatic heterocycles. The number of para-hydroxylation sites is 2. The maximum Gasteiger partial charge on any atom is 0.317 e. The topological polar surface area (TPSA) is 44.8 Å². The number of urea groups is 1. The van der Waals surface area contributed by atoms with E-state index in [9.17, 15) is 4.79 Å². The van der Waals surface area contributed by atoms with E-state index in [1.54, 1.807) is 7.11 Å². The summed E-state index contributed by atoms with van der Waals surface area (Å²) in [6.45, 7) is 3.34. The molecule has 0 atom stereocenters. The van der Waals surface area contributed by atoms with Gasteiger partial charge in [0.2, 0.25) is 0 Å². The molecule has 3 rings (SSSR count). The largest absolute Gasteiger partial charge is 0.495 e. The molecular formula is C19H22ClN3O2. The highest BCUT2D eigenvalue weighted by Crippen LogP contribution is 2.28. The van der Waals surface area contributed by atoms with Crippen LogP contribution in [0.1, 0.15) is 5.56 Å². The summed E-state index contributed by atoms with van der Waals surface area (Å²) < 4.78 is 5.42. The van der Waals surface area contributed by atoms with Gasteiger partial charge < -0.3 is 19.9 Å². The molecule has 132 valence electrons. The number of piperazine rings is 1. The fourth-order valence-electron chi connectivity index (χ4n) is 2.97. The standard InChI is InChI=1S/C19H22ClN3O2/c1-25-18-9-5-4-8-17(18)22-10-12-23(13-11-22)19(24)21-14-15-6-2-3-7-16(15)20/h2-9H,10-14H2,1H3,(H,21,24). The van der Waals surface area contributed by atoms with Gasteiger partial charge in [-0.3, -0.25) is 0 Å². The zero-order chi connectivity index (χ0) is 17.6. The second-order valence-corrected chi connectivity index (χ2v) is 6.30. The van der Waals surface area contributed by atoms with Gasteiger partial charge >= 0.3 is 6.03 Å². The molecule has 1 N–H and O–H groups in total. The number of hydrogen-bond donors (Lipinski definition) is 1. The number of amides is 2. The number of anilines is 1. The third-order valence-electron chi connectivity index (χ3n) is 4.38. The number of benzene rings is 2. The van der Waals surface area contributed by atoms with Crippen LogP contribution in [0.15, 0.2) is 48.5 Å². The van der Waals surface area contributed by atoms with Gasteiger partial charge in [-0.15, -0.1) is 0 Å². The first-order chi connectivity index (χ1) is 12.2. The first kappa shape index (κ1) is 17.4. The van der Waals surface area contributed by atoms with Crippen molar-refractivity contribution in [1.29, 1.82) is 0 Å². The van der Waals surface area contributed by atoms with Gasteiger partial charge in [-0.2, -0.15) is 0 Å². The molecule has 2 aromatic rings. The maximum absolute atomic E-state index is 12.4. The average molecular weight is 360 g/mol. The molecule has 0 aromatic heterocycles. The third kappa shape index (κ3) is 4.17. The summed E-state index contributed by atoms with van der Waals surface area (Å²) in [5, 5.41) is 3.62. The Morgan fingerprint density at radius 1 is 1.08 bits per heavy atom. The molecule has 1 aliphatic rings. The Kier molecular flexibility index (Phi) is 5.66. The number of methoxy groups -OCH3 is 1. The number of nitrogens with zero attached hydrogens (tertiary/aromatic N) is 2. The van der Waals surface area contributed by atoms with E-state index in [-0.39, 0.29) is 6.03 Å². The molecule has 0 radical (unpaired) electrons. The first-order valence-corrected chi connectivity index (χ1v) is 8.71. The normalized spacial score (nSPS) is 14.3. The van der Waals surface area contributed by atoms with E-state index < -0.39 is 0 Å². The predicted octanol–water partition coefficient (Wildman–Crippen LogP) is 3.38. The van der Waals surface area contributed by atoms with Gasteiger partial charge in [0, 0.05) is 37.7 Å². The highest BCUT2D eigenvalue weighted by atomic mass is 35.5. The van der Waals surface area contributed by atoms with Crippen molar-refractivity contribution in [3.63, 3.8) is 0 Å². The van der Waals surface area contributed by atoms with E-state index in [2.05, 4.69) is 10.2 Å². The van der Waals surface area contributed by atoms with E-state index in [1.165, 1.54) is 0 Å². The van der Waals surface area contributed by atoms with E-state index in [4.69, 9.17) is 16.3 Å². The van der Waals surface area contributed by atoms with Crippen LogP contribution in [-0.4, -0.2) is 44.2 Å². The number of nitrogens with one attached hydrogen (secondary N) is 1. The van der Waals surface area contributed by atoms with Gasteiger partial charge in [-0.25, -0.2) is 4.79 Å². The quantitative estimate of drug-likeness (QED) is 0.910. The third-order valence-corrected chi connectivity index (χ3v) is 4.75. The second kappa shape index (κ2) is 8.12. The van der Waals surface area contributed by atoms with Gasteiger partial charge in [-0.05, 0) is 23.8 Å². The smallest absolute Gasteiger partial charge is 0.317 e. The molecule has 1 saturated heterocycles. The summed E-state index contributed by atoms with van der Waals surface area (Å²) in [6, 6.07) is 15.5. The zero-order valence-corrected chi connectivity index (χ0v) is 15.0. The van der Waals surface area contributed by atoms with E-state index in [0.717, 1.165) is 30.1 Å². The number of ether oxygens (including phenoxy) is 1. The molecule has 25 heavy (non-hydrogen) atoms. The Morgan fingerprint density at radius 3 is 2.48 bits per heavy atom. The van der Waals surface area contributed by atoms with Gasteiger partial charge in [0.1, 0.15) is 5.75 Å². The summed E-state index contributed by atoms with van der Waals surface area (Å²) in [5.74, 6) is 0.860.